The molecule has 28 heavy (non-hydrogen) atoms. The number of ether oxygens (including phenoxy) is 1. The summed E-state index contributed by atoms with van der Waals surface area (Å²) in [6.45, 7) is 3.23. The van der Waals surface area contributed by atoms with E-state index in [2.05, 4.69) is 5.32 Å². The Hall–Kier alpha value is -3.15. The van der Waals surface area contributed by atoms with E-state index in [0.29, 0.717) is 30.8 Å². The first-order valence-corrected chi connectivity index (χ1v) is 9.42. The Kier molecular flexibility index (Phi) is 6.42. The molecule has 0 saturated carbocycles. The number of benzene rings is 2. The Bertz CT molecular complexity index is 827. The van der Waals surface area contributed by atoms with Crippen LogP contribution < -0.4 is 5.32 Å². The number of nitrogens with one attached hydrogen (secondary N) is 1. The minimum absolute atomic E-state index is 0.116. The summed E-state index contributed by atoms with van der Waals surface area (Å²) >= 11 is 0. The molecule has 1 fully saturated rings. The van der Waals surface area contributed by atoms with Crippen LogP contribution in [0.5, 0.6) is 0 Å². The lowest BCUT2D eigenvalue weighted by Gasteiger charge is -2.23. The lowest BCUT2D eigenvalue weighted by Crippen LogP contribution is -2.34. The minimum atomic E-state index is -0.953. The van der Waals surface area contributed by atoms with Crippen molar-refractivity contribution in [2.24, 2.45) is 0 Å². The quantitative estimate of drug-likeness (QED) is 0.782. The molecule has 1 N–H and O–H groups in total. The van der Waals surface area contributed by atoms with Gasteiger partial charge >= 0.3 is 5.97 Å². The highest BCUT2D eigenvalue weighted by atomic mass is 16.5. The molecule has 3 rings (SSSR count). The first-order valence-electron chi connectivity index (χ1n) is 9.42. The zero-order chi connectivity index (χ0) is 19.9. The molecule has 0 radical (unpaired) electrons. The van der Waals surface area contributed by atoms with Gasteiger partial charge in [0.05, 0.1) is 5.56 Å². The van der Waals surface area contributed by atoms with E-state index in [9.17, 15) is 14.4 Å². The molecule has 1 aliphatic rings. The largest absolute Gasteiger partial charge is 0.444 e. The van der Waals surface area contributed by atoms with Crippen LogP contribution in [0.25, 0.3) is 0 Å². The fourth-order valence-corrected chi connectivity index (χ4v) is 3.15. The zero-order valence-electron chi connectivity index (χ0n) is 15.9. The van der Waals surface area contributed by atoms with Gasteiger partial charge in [0, 0.05) is 32.1 Å². The van der Waals surface area contributed by atoms with Crippen LogP contribution in [-0.4, -0.2) is 35.8 Å². The Morgan fingerprint density at radius 1 is 1.00 bits per heavy atom. The molecule has 0 aromatic heterocycles. The molecule has 2 aromatic carbocycles. The number of carbonyl (C=O) groups excluding carboxylic acids is 3. The summed E-state index contributed by atoms with van der Waals surface area (Å²) in [5.74, 6) is -0.846. The first-order chi connectivity index (χ1) is 13.5. The fraction of sp³-hybridized carbons (Fsp3) is 0.318. The number of carbonyl (C=O) groups is 3. The molecule has 0 spiro atoms. The molecule has 6 nitrogen and oxygen atoms in total. The van der Waals surface area contributed by atoms with E-state index in [1.165, 1.54) is 6.92 Å². The van der Waals surface area contributed by atoms with Crippen molar-refractivity contribution < 1.29 is 19.1 Å². The van der Waals surface area contributed by atoms with Gasteiger partial charge in [-0.3, -0.25) is 9.59 Å². The van der Waals surface area contributed by atoms with Crippen molar-refractivity contribution in [1.82, 2.24) is 10.2 Å². The van der Waals surface area contributed by atoms with Gasteiger partial charge in [0.2, 0.25) is 12.0 Å². The van der Waals surface area contributed by atoms with Crippen molar-refractivity contribution in [3.63, 3.8) is 0 Å². The standard InChI is InChI=1S/C22H24N2O4/c1-16(25)23-15-17-9-11-19(12-10-17)22(27)28-20(18-7-3-2-4-8-18)21(26)24-13-5-6-14-24/h2-4,7-12,20H,5-6,13-15H2,1H3,(H,23,25). The Morgan fingerprint density at radius 2 is 1.64 bits per heavy atom. The Labute approximate surface area is 164 Å². The number of amides is 2. The summed E-state index contributed by atoms with van der Waals surface area (Å²) in [5, 5.41) is 2.71. The first kappa shape index (κ1) is 19.6. The third-order valence-electron chi connectivity index (χ3n) is 4.70. The molecule has 146 valence electrons. The smallest absolute Gasteiger partial charge is 0.339 e. The average molecular weight is 380 g/mol. The van der Waals surface area contributed by atoms with Crippen molar-refractivity contribution >= 4 is 17.8 Å². The lowest BCUT2D eigenvalue weighted by molar-refractivity contribution is -0.140. The van der Waals surface area contributed by atoms with Crippen molar-refractivity contribution in [1.29, 1.82) is 0 Å². The van der Waals surface area contributed by atoms with Crippen LogP contribution in [0.2, 0.25) is 0 Å². The number of esters is 1. The maximum absolute atomic E-state index is 12.9. The van der Waals surface area contributed by atoms with Crippen molar-refractivity contribution in [3.05, 3.63) is 71.3 Å². The van der Waals surface area contributed by atoms with E-state index in [4.69, 9.17) is 4.74 Å². The van der Waals surface area contributed by atoms with Gasteiger partial charge in [-0.15, -0.1) is 0 Å². The number of hydrogen-bond donors (Lipinski definition) is 1. The summed E-state index contributed by atoms with van der Waals surface area (Å²) < 4.78 is 5.64. The second kappa shape index (κ2) is 9.17. The summed E-state index contributed by atoms with van der Waals surface area (Å²) in [4.78, 5) is 38.3. The second-order valence-corrected chi connectivity index (χ2v) is 6.84. The number of nitrogens with zero attached hydrogens (tertiary/aromatic N) is 1. The predicted molar refractivity (Wildman–Crippen MR) is 104 cm³/mol. The molecule has 0 bridgehead atoms. The van der Waals surface area contributed by atoms with Crippen LogP contribution in [0.15, 0.2) is 54.6 Å². The van der Waals surface area contributed by atoms with E-state index in [0.717, 1.165) is 18.4 Å². The molecule has 1 atom stereocenters. The van der Waals surface area contributed by atoms with Crippen LogP contribution in [-0.2, 0) is 20.9 Å². The molecule has 1 saturated heterocycles. The third-order valence-corrected chi connectivity index (χ3v) is 4.70. The SMILES string of the molecule is CC(=O)NCc1ccc(C(=O)OC(C(=O)N2CCCC2)c2ccccc2)cc1. The molecule has 0 aliphatic carbocycles. The normalized spacial score (nSPS) is 14.4. The Balaban J connectivity index is 1.73. The lowest BCUT2D eigenvalue weighted by atomic mass is 10.1. The summed E-state index contributed by atoms with van der Waals surface area (Å²) in [7, 11) is 0. The second-order valence-electron chi connectivity index (χ2n) is 6.84. The third kappa shape index (κ3) is 4.97. The van der Waals surface area contributed by atoms with Gasteiger partial charge in [0.15, 0.2) is 0 Å². The highest BCUT2D eigenvalue weighted by Crippen LogP contribution is 2.24. The Morgan fingerprint density at radius 3 is 2.25 bits per heavy atom. The topological polar surface area (TPSA) is 75.7 Å². The van der Waals surface area contributed by atoms with Gasteiger partial charge in [0.1, 0.15) is 0 Å². The van der Waals surface area contributed by atoms with E-state index >= 15 is 0 Å². The molecule has 1 heterocycles. The molecular formula is C22H24N2O4. The minimum Gasteiger partial charge on any atom is -0.444 e. The zero-order valence-corrected chi connectivity index (χ0v) is 15.9. The molecule has 2 aromatic rings. The van der Waals surface area contributed by atoms with Crippen LogP contribution in [0.1, 0.15) is 47.4 Å². The van der Waals surface area contributed by atoms with Crippen LogP contribution in [0, 0.1) is 0 Å². The summed E-state index contributed by atoms with van der Waals surface area (Å²) in [6.07, 6.45) is 0.985. The predicted octanol–water partition coefficient (Wildman–Crippen LogP) is 2.84. The van der Waals surface area contributed by atoms with Crippen LogP contribution in [0.4, 0.5) is 0 Å². The maximum atomic E-state index is 12.9. The van der Waals surface area contributed by atoms with Gasteiger partial charge in [-0.1, -0.05) is 42.5 Å². The van der Waals surface area contributed by atoms with Crippen molar-refractivity contribution in [3.8, 4) is 0 Å². The average Bonchev–Trinajstić information content (AvgIpc) is 3.26. The number of likely N-dealkylation sites (tertiary alicyclic amines) is 1. The molecule has 2 amide bonds. The van der Waals surface area contributed by atoms with Gasteiger partial charge < -0.3 is 15.0 Å². The summed E-state index contributed by atoms with van der Waals surface area (Å²) in [6, 6.07) is 15.9. The molecule has 1 aliphatic heterocycles. The van der Waals surface area contributed by atoms with Gasteiger partial charge in [-0.25, -0.2) is 4.79 Å². The monoisotopic (exact) mass is 380 g/mol. The molecular weight excluding hydrogens is 356 g/mol. The fourth-order valence-electron chi connectivity index (χ4n) is 3.15. The van der Waals surface area contributed by atoms with E-state index < -0.39 is 12.1 Å². The van der Waals surface area contributed by atoms with E-state index in [1.807, 2.05) is 18.2 Å². The molecule has 1 unspecified atom stereocenters. The van der Waals surface area contributed by atoms with Crippen LogP contribution >= 0.6 is 0 Å². The van der Waals surface area contributed by atoms with Gasteiger partial charge in [-0.05, 0) is 30.5 Å². The number of rotatable bonds is 6. The summed E-state index contributed by atoms with van der Waals surface area (Å²) in [5.41, 5.74) is 1.90. The number of hydrogen-bond acceptors (Lipinski definition) is 4. The van der Waals surface area contributed by atoms with Gasteiger partial charge in [-0.2, -0.15) is 0 Å². The highest BCUT2D eigenvalue weighted by Gasteiger charge is 2.31. The van der Waals surface area contributed by atoms with E-state index in [-0.39, 0.29) is 11.8 Å². The van der Waals surface area contributed by atoms with Crippen molar-refractivity contribution in [2.45, 2.75) is 32.4 Å². The highest BCUT2D eigenvalue weighted by molar-refractivity contribution is 5.92. The van der Waals surface area contributed by atoms with Crippen molar-refractivity contribution in [2.75, 3.05) is 13.1 Å². The molecule has 6 heteroatoms. The van der Waals surface area contributed by atoms with E-state index in [1.54, 1.807) is 41.3 Å². The van der Waals surface area contributed by atoms with Crippen LogP contribution in [0.3, 0.4) is 0 Å². The van der Waals surface area contributed by atoms with Gasteiger partial charge in [0.25, 0.3) is 5.91 Å². The maximum Gasteiger partial charge on any atom is 0.339 e.